The van der Waals surface area contributed by atoms with Crippen molar-refractivity contribution in [1.82, 2.24) is 24.9 Å². The highest BCUT2D eigenvalue weighted by Crippen LogP contribution is 2.45. The van der Waals surface area contributed by atoms with Gasteiger partial charge in [-0.1, -0.05) is 5.16 Å². The zero-order chi connectivity index (χ0) is 28.1. The van der Waals surface area contributed by atoms with Crippen LogP contribution in [0.5, 0.6) is 17.5 Å². The fraction of sp³-hybridized carbons (Fsp3) is 0.583. The van der Waals surface area contributed by atoms with Crippen molar-refractivity contribution in [3.63, 3.8) is 0 Å². The first-order chi connectivity index (χ1) is 18.3. The average molecular weight is 560 g/mol. The van der Waals surface area contributed by atoms with E-state index < -0.39 is 23.9 Å². The maximum absolute atomic E-state index is 13.5. The molecule has 1 unspecified atom stereocenters. The third-order valence-electron chi connectivity index (χ3n) is 7.06. The van der Waals surface area contributed by atoms with Gasteiger partial charge in [0.05, 0.1) is 6.04 Å². The van der Waals surface area contributed by atoms with Crippen LogP contribution in [-0.4, -0.2) is 44.4 Å². The molecule has 3 atom stereocenters. The Morgan fingerprint density at radius 1 is 1.05 bits per heavy atom. The molecule has 9 nitrogen and oxygen atoms in total. The Morgan fingerprint density at radius 3 is 2.31 bits per heavy atom. The third-order valence-corrected chi connectivity index (χ3v) is 7.06. The molecule has 2 fully saturated rings. The van der Waals surface area contributed by atoms with Crippen molar-refractivity contribution in [2.75, 3.05) is 18.0 Å². The minimum atomic E-state index is -5.28. The van der Waals surface area contributed by atoms with E-state index in [0.717, 1.165) is 32.0 Å². The number of rotatable bonds is 7. The van der Waals surface area contributed by atoms with Gasteiger partial charge in [0, 0.05) is 19.5 Å². The van der Waals surface area contributed by atoms with E-state index in [9.17, 15) is 26.3 Å². The van der Waals surface area contributed by atoms with Gasteiger partial charge in [-0.2, -0.15) is 28.2 Å². The summed E-state index contributed by atoms with van der Waals surface area (Å²) in [6.45, 7) is 6.88. The van der Waals surface area contributed by atoms with Crippen molar-refractivity contribution in [1.29, 1.82) is 0 Å². The largest absolute Gasteiger partial charge is 0.573 e. The van der Waals surface area contributed by atoms with E-state index in [1.54, 1.807) is 20.8 Å². The van der Waals surface area contributed by atoms with E-state index in [1.165, 1.54) is 4.68 Å². The molecule has 3 aromatic rings. The van der Waals surface area contributed by atoms with Gasteiger partial charge >= 0.3 is 24.6 Å². The van der Waals surface area contributed by atoms with Crippen LogP contribution in [0, 0.1) is 24.7 Å². The van der Waals surface area contributed by atoms with Crippen molar-refractivity contribution >= 4 is 6.01 Å². The molecule has 0 N–H and O–H groups in total. The molecule has 0 amide bonds. The van der Waals surface area contributed by atoms with E-state index >= 15 is 0 Å². The zero-order valence-electron chi connectivity index (χ0n) is 21.3. The predicted molar refractivity (Wildman–Crippen MR) is 123 cm³/mol. The molecule has 2 aliphatic rings. The third kappa shape index (κ3) is 5.91. The molecule has 1 saturated carbocycles. The van der Waals surface area contributed by atoms with Crippen LogP contribution in [0.25, 0.3) is 0 Å². The van der Waals surface area contributed by atoms with E-state index in [4.69, 9.17) is 9.26 Å². The van der Waals surface area contributed by atoms with Crippen molar-refractivity contribution < 1.29 is 40.3 Å². The summed E-state index contributed by atoms with van der Waals surface area (Å²) in [6.07, 6.45) is -7.78. The second-order valence-corrected chi connectivity index (χ2v) is 10.1. The van der Waals surface area contributed by atoms with Gasteiger partial charge in [0.25, 0.3) is 0 Å². The summed E-state index contributed by atoms with van der Waals surface area (Å²) in [5, 5.41) is 8.41. The first kappa shape index (κ1) is 27.1. The van der Waals surface area contributed by atoms with Crippen LogP contribution in [-0.2, 0) is 12.6 Å². The average Bonchev–Trinajstić information content (AvgIpc) is 3.49. The Hall–Kier alpha value is -3.52. The number of hydrogen-bond acceptors (Lipinski definition) is 8. The SMILES string of the molecule is Cc1noc(N2C[C@H]3CC[C@@H](C2)C3Cc2nc(Oc3ccc(OC(F)(F)F)c(C(F)(F)F)c3)n(C(C)C)n2)n1. The normalized spacial score (nSPS) is 21.6. The fourth-order valence-corrected chi connectivity index (χ4v) is 5.41. The molecule has 2 bridgehead atoms. The van der Waals surface area contributed by atoms with Crippen molar-refractivity contribution in [2.24, 2.45) is 17.8 Å². The van der Waals surface area contributed by atoms with Gasteiger partial charge in [0.15, 0.2) is 11.6 Å². The van der Waals surface area contributed by atoms with Crippen LogP contribution < -0.4 is 14.4 Å². The summed E-state index contributed by atoms with van der Waals surface area (Å²) >= 11 is 0. The summed E-state index contributed by atoms with van der Waals surface area (Å²) in [6, 6.07) is 2.20. The topological polar surface area (TPSA) is 91.3 Å². The van der Waals surface area contributed by atoms with Crippen LogP contribution in [0.2, 0.25) is 0 Å². The fourth-order valence-electron chi connectivity index (χ4n) is 5.41. The van der Waals surface area contributed by atoms with Gasteiger partial charge < -0.3 is 18.9 Å². The smallest absolute Gasteiger partial charge is 0.424 e. The van der Waals surface area contributed by atoms with Gasteiger partial charge in [0.1, 0.15) is 17.1 Å². The summed E-state index contributed by atoms with van der Waals surface area (Å²) in [5.41, 5.74) is -1.62. The van der Waals surface area contributed by atoms with Crippen LogP contribution in [0.1, 0.15) is 49.9 Å². The quantitative estimate of drug-likeness (QED) is 0.327. The second-order valence-electron chi connectivity index (χ2n) is 10.1. The van der Waals surface area contributed by atoms with E-state index in [1.807, 2.05) is 0 Å². The molecule has 1 aliphatic heterocycles. The van der Waals surface area contributed by atoms with Crippen LogP contribution in [0.4, 0.5) is 32.4 Å². The van der Waals surface area contributed by atoms with Gasteiger partial charge in [-0.25, -0.2) is 4.68 Å². The standard InChI is InChI=1S/C24H26F6N6O3/c1-12(2)36-22(37-16-6-7-19(38-24(28,29)30)18(8-16)23(25,26)27)32-20(33-36)9-17-14-4-5-15(17)11-35(10-14)21-31-13(3)34-39-21/h6-8,12,14-15,17H,4-5,9-11H2,1-3H3/t14-,15+,17?. The molecule has 1 saturated heterocycles. The van der Waals surface area contributed by atoms with Crippen molar-refractivity contribution in [2.45, 2.75) is 58.6 Å². The second kappa shape index (κ2) is 9.90. The Bertz CT molecular complexity index is 1310. The van der Waals surface area contributed by atoms with Gasteiger partial charge in [-0.15, -0.1) is 13.2 Å². The number of fused-ring (bicyclic) bond motifs is 2. The lowest BCUT2D eigenvalue weighted by molar-refractivity contribution is -0.276. The number of piperidine rings is 1. The minimum absolute atomic E-state index is 0.0521. The lowest BCUT2D eigenvalue weighted by atomic mass is 9.82. The number of halogens is 6. The van der Waals surface area contributed by atoms with E-state index in [0.29, 0.717) is 48.1 Å². The lowest BCUT2D eigenvalue weighted by Gasteiger charge is -2.36. The number of nitrogens with zero attached hydrogens (tertiary/aromatic N) is 6. The number of aryl methyl sites for hydroxylation is 1. The minimum Gasteiger partial charge on any atom is -0.424 e. The number of hydrogen-bond donors (Lipinski definition) is 0. The zero-order valence-corrected chi connectivity index (χ0v) is 21.3. The van der Waals surface area contributed by atoms with E-state index in [-0.39, 0.29) is 23.7 Å². The molecule has 0 spiro atoms. The summed E-state index contributed by atoms with van der Waals surface area (Å²) in [4.78, 5) is 10.9. The van der Waals surface area contributed by atoms with Crippen LogP contribution >= 0.6 is 0 Å². The Morgan fingerprint density at radius 2 is 1.74 bits per heavy atom. The summed E-state index contributed by atoms with van der Waals surface area (Å²) in [5.74, 6) is 0.323. The molecule has 5 rings (SSSR count). The lowest BCUT2D eigenvalue weighted by Crippen LogP contribution is -2.43. The maximum Gasteiger partial charge on any atom is 0.573 e. The van der Waals surface area contributed by atoms with E-state index in [2.05, 4.69) is 29.9 Å². The molecule has 15 heteroatoms. The van der Waals surface area contributed by atoms with Gasteiger partial charge in [0.2, 0.25) is 0 Å². The Balaban J connectivity index is 1.34. The predicted octanol–water partition coefficient (Wildman–Crippen LogP) is 5.97. The molecule has 1 aliphatic carbocycles. The summed E-state index contributed by atoms with van der Waals surface area (Å²) in [7, 11) is 0. The molecule has 39 heavy (non-hydrogen) atoms. The molecule has 212 valence electrons. The monoisotopic (exact) mass is 560 g/mol. The number of aromatic nitrogens is 5. The van der Waals surface area contributed by atoms with Crippen molar-refractivity contribution in [3.05, 3.63) is 35.4 Å². The molecular formula is C24H26F6N6O3. The highest BCUT2D eigenvalue weighted by molar-refractivity contribution is 5.43. The Labute approximate surface area is 219 Å². The molecule has 0 radical (unpaired) electrons. The number of ether oxygens (including phenoxy) is 2. The number of alkyl halides is 6. The first-order valence-electron chi connectivity index (χ1n) is 12.4. The number of anilines is 1. The first-order valence-corrected chi connectivity index (χ1v) is 12.4. The molecule has 3 heterocycles. The van der Waals surface area contributed by atoms with Gasteiger partial charge in [-0.05, 0) is 69.6 Å². The van der Waals surface area contributed by atoms with Crippen LogP contribution in [0.3, 0.4) is 0 Å². The summed E-state index contributed by atoms with van der Waals surface area (Å²) < 4.78 is 94.2. The van der Waals surface area contributed by atoms with Gasteiger partial charge in [-0.3, -0.25) is 0 Å². The number of benzene rings is 1. The molecule has 1 aromatic carbocycles. The Kier molecular flexibility index (Phi) is 6.87. The maximum atomic E-state index is 13.5. The molecular weight excluding hydrogens is 534 g/mol. The molecule has 2 aromatic heterocycles. The highest BCUT2D eigenvalue weighted by atomic mass is 19.4. The van der Waals surface area contributed by atoms with Crippen molar-refractivity contribution in [3.8, 4) is 17.5 Å². The highest BCUT2D eigenvalue weighted by Gasteiger charge is 2.44. The van der Waals surface area contributed by atoms with Crippen LogP contribution in [0.15, 0.2) is 22.7 Å².